The molecule has 104 valence electrons. The molecule has 0 aliphatic heterocycles. The van der Waals surface area contributed by atoms with E-state index in [2.05, 4.69) is 0 Å². The molecule has 0 heterocycles. The third-order valence-electron chi connectivity index (χ3n) is 3.49. The van der Waals surface area contributed by atoms with Crippen molar-refractivity contribution in [3.8, 4) is 0 Å². The van der Waals surface area contributed by atoms with Crippen LogP contribution < -0.4 is 0 Å². The minimum Gasteiger partial charge on any atom is -0.481 e. The number of carboxylic acid groups (broad SMARTS) is 1. The highest BCUT2D eigenvalue weighted by Crippen LogP contribution is 2.31. The molecule has 0 bridgehead atoms. The molecule has 0 spiro atoms. The monoisotopic (exact) mass is 282 g/mol. The standard InChI is InChI=1S/C14H18O4S/c1-2-5-19(17,18)13-4-3-11-6-10(8-14(15)16)7-12(11)9-13/h3-4,9-10H,2,5-8H2,1H3,(H,15,16). The molecule has 0 amide bonds. The van der Waals surface area contributed by atoms with E-state index in [1.165, 1.54) is 0 Å². The van der Waals surface area contributed by atoms with Crippen LogP contribution in [0.25, 0.3) is 0 Å². The van der Waals surface area contributed by atoms with Crippen molar-refractivity contribution in [1.82, 2.24) is 0 Å². The summed E-state index contributed by atoms with van der Waals surface area (Å²) in [5, 5.41) is 8.81. The van der Waals surface area contributed by atoms with Crippen LogP contribution in [-0.2, 0) is 27.5 Å². The quantitative estimate of drug-likeness (QED) is 0.897. The maximum Gasteiger partial charge on any atom is 0.303 e. The van der Waals surface area contributed by atoms with E-state index in [4.69, 9.17) is 5.11 Å². The molecule has 1 aliphatic rings. The molecule has 0 radical (unpaired) electrons. The van der Waals surface area contributed by atoms with Crippen molar-refractivity contribution in [2.75, 3.05) is 5.75 Å². The number of rotatable bonds is 5. The first-order chi connectivity index (χ1) is 8.92. The second kappa shape index (κ2) is 5.33. The van der Waals surface area contributed by atoms with Crippen LogP contribution in [0, 0.1) is 5.92 Å². The summed E-state index contributed by atoms with van der Waals surface area (Å²) < 4.78 is 24.0. The van der Waals surface area contributed by atoms with E-state index in [1.807, 2.05) is 13.0 Å². The molecule has 1 aromatic carbocycles. The average molecular weight is 282 g/mol. The van der Waals surface area contributed by atoms with Crippen molar-refractivity contribution in [2.24, 2.45) is 5.92 Å². The number of hydrogen-bond acceptors (Lipinski definition) is 3. The molecule has 4 nitrogen and oxygen atoms in total. The van der Waals surface area contributed by atoms with E-state index in [9.17, 15) is 13.2 Å². The van der Waals surface area contributed by atoms with Gasteiger partial charge in [-0.2, -0.15) is 0 Å². The van der Waals surface area contributed by atoms with Gasteiger partial charge in [0.1, 0.15) is 0 Å². The van der Waals surface area contributed by atoms with E-state index in [0.717, 1.165) is 17.5 Å². The van der Waals surface area contributed by atoms with Gasteiger partial charge in [-0.25, -0.2) is 8.42 Å². The summed E-state index contributed by atoms with van der Waals surface area (Å²) in [5.74, 6) is -0.544. The molecule has 0 saturated carbocycles. The van der Waals surface area contributed by atoms with E-state index in [0.29, 0.717) is 17.7 Å². The third-order valence-corrected chi connectivity index (χ3v) is 5.41. The molecular formula is C14H18O4S. The Balaban J connectivity index is 2.22. The molecule has 5 heteroatoms. The number of carbonyl (C=O) groups is 1. The highest BCUT2D eigenvalue weighted by Gasteiger charge is 2.25. The normalized spacial score (nSPS) is 18.3. The zero-order valence-electron chi connectivity index (χ0n) is 10.9. The van der Waals surface area contributed by atoms with E-state index in [1.54, 1.807) is 12.1 Å². The molecule has 1 N–H and O–H groups in total. The van der Waals surface area contributed by atoms with Gasteiger partial charge in [0, 0.05) is 6.42 Å². The minimum atomic E-state index is -3.19. The Labute approximate surface area is 113 Å². The maximum absolute atomic E-state index is 12.0. The average Bonchev–Trinajstić information content (AvgIpc) is 2.68. The van der Waals surface area contributed by atoms with Crippen LogP contribution in [0.15, 0.2) is 23.1 Å². The maximum atomic E-state index is 12.0. The second-order valence-electron chi connectivity index (χ2n) is 5.12. The molecule has 2 rings (SSSR count). The fourth-order valence-corrected chi connectivity index (χ4v) is 4.03. The highest BCUT2D eigenvalue weighted by atomic mass is 32.2. The van der Waals surface area contributed by atoms with Gasteiger partial charge in [0.25, 0.3) is 0 Å². The van der Waals surface area contributed by atoms with Crippen LogP contribution in [0.3, 0.4) is 0 Å². The van der Waals surface area contributed by atoms with Crippen molar-refractivity contribution in [3.63, 3.8) is 0 Å². The van der Waals surface area contributed by atoms with E-state index < -0.39 is 15.8 Å². The summed E-state index contributed by atoms with van der Waals surface area (Å²) in [5.41, 5.74) is 2.07. The topological polar surface area (TPSA) is 71.4 Å². The Kier molecular flexibility index (Phi) is 3.94. The van der Waals surface area contributed by atoms with Crippen LogP contribution in [0.4, 0.5) is 0 Å². The zero-order chi connectivity index (χ0) is 14.0. The van der Waals surface area contributed by atoms with Gasteiger partial charge < -0.3 is 5.11 Å². The predicted octanol–water partition coefficient (Wildman–Crippen LogP) is 2.06. The van der Waals surface area contributed by atoms with Gasteiger partial charge in [-0.05, 0) is 48.4 Å². The molecule has 0 aromatic heterocycles. The molecule has 1 aliphatic carbocycles. The molecule has 1 unspecified atom stereocenters. The van der Waals surface area contributed by atoms with Crippen molar-refractivity contribution >= 4 is 15.8 Å². The first kappa shape index (κ1) is 14.1. The number of carboxylic acids is 1. The fraction of sp³-hybridized carbons (Fsp3) is 0.500. The highest BCUT2D eigenvalue weighted by molar-refractivity contribution is 7.91. The van der Waals surface area contributed by atoms with Gasteiger partial charge in [-0.1, -0.05) is 13.0 Å². The number of benzene rings is 1. The van der Waals surface area contributed by atoms with Crippen LogP contribution in [0.5, 0.6) is 0 Å². The third kappa shape index (κ3) is 3.15. The van der Waals surface area contributed by atoms with Crippen LogP contribution >= 0.6 is 0 Å². The van der Waals surface area contributed by atoms with Crippen LogP contribution in [0.2, 0.25) is 0 Å². The van der Waals surface area contributed by atoms with Crippen LogP contribution in [-0.4, -0.2) is 25.2 Å². The lowest BCUT2D eigenvalue weighted by molar-refractivity contribution is -0.138. The number of aliphatic carboxylic acids is 1. The lowest BCUT2D eigenvalue weighted by Gasteiger charge is -2.05. The lowest BCUT2D eigenvalue weighted by atomic mass is 10.0. The Morgan fingerprint density at radius 2 is 2.00 bits per heavy atom. The molecule has 0 fully saturated rings. The lowest BCUT2D eigenvalue weighted by Crippen LogP contribution is -2.07. The number of fused-ring (bicyclic) bond motifs is 1. The van der Waals surface area contributed by atoms with E-state index >= 15 is 0 Å². The summed E-state index contributed by atoms with van der Waals surface area (Å²) >= 11 is 0. The number of hydrogen-bond donors (Lipinski definition) is 1. The fourth-order valence-electron chi connectivity index (χ4n) is 2.66. The molecular weight excluding hydrogens is 264 g/mol. The van der Waals surface area contributed by atoms with Gasteiger partial charge in [-0.15, -0.1) is 0 Å². The Bertz CT molecular complexity index is 589. The van der Waals surface area contributed by atoms with Crippen molar-refractivity contribution < 1.29 is 18.3 Å². The SMILES string of the molecule is CCCS(=O)(=O)c1ccc2c(c1)CC(CC(=O)O)C2. The molecule has 19 heavy (non-hydrogen) atoms. The zero-order valence-corrected chi connectivity index (χ0v) is 11.7. The van der Waals surface area contributed by atoms with Gasteiger partial charge in [-0.3, -0.25) is 4.79 Å². The van der Waals surface area contributed by atoms with Crippen molar-refractivity contribution in [2.45, 2.75) is 37.5 Å². The predicted molar refractivity (Wildman–Crippen MR) is 71.9 cm³/mol. The smallest absolute Gasteiger partial charge is 0.303 e. The Hall–Kier alpha value is -1.36. The first-order valence-electron chi connectivity index (χ1n) is 6.48. The summed E-state index contributed by atoms with van der Waals surface area (Å²) in [7, 11) is -3.19. The Morgan fingerprint density at radius 3 is 2.63 bits per heavy atom. The van der Waals surface area contributed by atoms with Gasteiger partial charge in [0.2, 0.25) is 0 Å². The summed E-state index contributed by atoms with van der Waals surface area (Å²) in [6.45, 7) is 1.84. The first-order valence-corrected chi connectivity index (χ1v) is 8.14. The summed E-state index contributed by atoms with van der Waals surface area (Å²) in [4.78, 5) is 11.1. The van der Waals surface area contributed by atoms with Crippen LogP contribution in [0.1, 0.15) is 30.9 Å². The Morgan fingerprint density at radius 1 is 1.32 bits per heavy atom. The minimum absolute atomic E-state index is 0.0941. The second-order valence-corrected chi connectivity index (χ2v) is 7.23. The van der Waals surface area contributed by atoms with Gasteiger partial charge in [0.15, 0.2) is 9.84 Å². The van der Waals surface area contributed by atoms with Gasteiger partial charge >= 0.3 is 5.97 Å². The van der Waals surface area contributed by atoms with Gasteiger partial charge in [0.05, 0.1) is 10.6 Å². The summed E-state index contributed by atoms with van der Waals surface area (Å²) in [6.07, 6.45) is 2.14. The van der Waals surface area contributed by atoms with Crippen molar-refractivity contribution in [3.05, 3.63) is 29.3 Å². The van der Waals surface area contributed by atoms with Crippen molar-refractivity contribution in [1.29, 1.82) is 0 Å². The molecule has 1 aromatic rings. The number of sulfone groups is 1. The summed E-state index contributed by atoms with van der Waals surface area (Å²) in [6, 6.07) is 5.20. The largest absolute Gasteiger partial charge is 0.481 e. The molecule has 1 atom stereocenters. The van der Waals surface area contributed by atoms with E-state index in [-0.39, 0.29) is 18.1 Å². The molecule has 0 saturated heterocycles.